The van der Waals surface area contributed by atoms with E-state index in [1.807, 2.05) is 5.32 Å². The molecular weight excluding hydrogens is 925 g/mol. The topological polar surface area (TPSA) is 490 Å². The van der Waals surface area contributed by atoms with E-state index < -0.39 is 159 Å². The highest BCUT2D eigenvalue weighted by Crippen LogP contribution is 2.06. The van der Waals surface area contributed by atoms with Crippen molar-refractivity contribution in [2.45, 2.75) is 74.8 Å². The number of thiol groups is 1. The van der Waals surface area contributed by atoms with Crippen molar-refractivity contribution in [3.05, 3.63) is 35.9 Å². The molecule has 0 heterocycles. The number of hydrogen-bond donors (Lipinski definition) is 17. The number of carbonyl (C=O) groups is 12. The molecule has 0 aliphatic heterocycles. The molecule has 0 radical (unpaired) electrons. The quantitative estimate of drug-likeness (QED) is 0.0138. The third kappa shape index (κ3) is 24.6. The van der Waals surface area contributed by atoms with Crippen molar-refractivity contribution >= 4 is 89.6 Å². The molecule has 29 nitrogen and oxygen atoms in total. The summed E-state index contributed by atoms with van der Waals surface area (Å²) in [5.41, 5.74) is 22.8. The molecule has 1 aromatic carbocycles. The number of nitrogens with two attached hydrogens (primary N) is 4. The second kappa shape index (κ2) is 31.3. The third-order valence-electron chi connectivity index (χ3n) is 8.92. The van der Waals surface area contributed by atoms with Gasteiger partial charge in [0.25, 0.3) is 0 Å². The summed E-state index contributed by atoms with van der Waals surface area (Å²) in [4.78, 5) is 153. The van der Waals surface area contributed by atoms with Crippen molar-refractivity contribution in [3.8, 4) is 0 Å². The molecular formula is C38H58N14O15S. The maximum Gasteiger partial charge on any atom is 0.328 e. The lowest BCUT2D eigenvalue weighted by atomic mass is 10.0. The van der Waals surface area contributed by atoms with Gasteiger partial charge in [0.1, 0.15) is 30.2 Å². The fraction of sp³-hybridized carbons (Fsp3) is 0.500. The van der Waals surface area contributed by atoms with E-state index in [-0.39, 0.29) is 37.5 Å². The molecule has 0 unspecified atom stereocenters. The third-order valence-corrected chi connectivity index (χ3v) is 9.29. The number of carboxylic acid groups (broad SMARTS) is 2. The Morgan fingerprint density at radius 1 is 0.588 bits per heavy atom. The molecule has 10 amide bonds. The highest BCUT2D eigenvalue weighted by molar-refractivity contribution is 7.80. The van der Waals surface area contributed by atoms with Crippen LogP contribution in [0.4, 0.5) is 0 Å². The predicted molar refractivity (Wildman–Crippen MR) is 239 cm³/mol. The Kier molecular flexibility index (Phi) is 26.9. The zero-order valence-corrected chi connectivity index (χ0v) is 37.4. The van der Waals surface area contributed by atoms with Gasteiger partial charge < -0.3 is 86.1 Å². The van der Waals surface area contributed by atoms with Crippen molar-refractivity contribution in [2.24, 2.45) is 27.9 Å². The Bertz CT molecular complexity index is 1990. The molecule has 20 N–H and O–H groups in total. The summed E-state index contributed by atoms with van der Waals surface area (Å²) in [5.74, 6) is -13.1. The molecule has 6 atom stereocenters. The number of aliphatic hydroxyl groups is 1. The van der Waals surface area contributed by atoms with E-state index >= 15 is 0 Å². The highest BCUT2D eigenvalue weighted by Gasteiger charge is 2.31. The minimum atomic E-state index is -1.62. The van der Waals surface area contributed by atoms with Gasteiger partial charge in [-0.25, -0.2) is 4.79 Å². The molecule has 30 heteroatoms. The Balaban J connectivity index is 2.94. The molecule has 0 saturated carbocycles. The van der Waals surface area contributed by atoms with E-state index in [1.165, 1.54) is 0 Å². The van der Waals surface area contributed by atoms with Crippen molar-refractivity contribution in [1.82, 2.24) is 47.9 Å². The van der Waals surface area contributed by atoms with Gasteiger partial charge in [-0.15, -0.1) is 0 Å². The van der Waals surface area contributed by atoms with Crippen molar-refractivity contribution in [2.75, 3.05) is 45.1 Å². The number of aliphatic imine (C=N–C) groups is 1. The van der Waals surface area contributed by atoms with Crippen LogP contribution >= 0.6 is 12.6 Å². The normalized spacial score (nSPS) is 13.2. The van der Waals surface area contributed by atoms with E-state index in [0.29, 0.717) is 5.56 Å². The number of nitrogens with zero attached hydrogens (tertiary/aromatic N) is 1. The number of amides is 10. The van der Waals surface area contributed by atoms with E-state index in [2.05, 4.69) is 60.2 Å². The summed E-state index contributed by atoms with van der Waals surface area (Å²) in [5, 5.41) is 47.0. The van der Waals surface area contributed by atoms with Gasteiger partial charge >= 0.3 is 11.9 Å². The second-order valence-electron chi connectivity index (χ2n) is 14.5. The van der Waals surface area contributed by atoms with Crippen LogP contribution in [0.5, 0.6) is 0 Å². The molecule has 1 aromatic rings. The maximum absolute atomic E-state index is 13.4. The molecule has 68 heavy (non-hydrogen) atoms. The Morgan fingerprint density at radius 2 is 1.07 bits per heavy atom. The average molecular weight is 983 g/mol. The van der Waals surface area contributed by atoms with Gasteiger partial charge in [-0.3, -0.25) is 57.7 Å². The lowest BCUT2D eigenvalue weighted by molar-refractivity contribution is -0.143. The van der Waals surface area contributed by atoms with Gasteiger partial charge in [0.05, 0.1) is 45.2 Å². The number of benzene rings is 1. The largest absolute Gasteiger partial charge is 0.481 e. The van der Waals surface area contributed by atoms with Crippen LogP contribution in [0.25, 0.3) is 0 Å². The molecule has 0 aliphatic carbocycles. The lowest BCUT2D eigenvalue weighted by Gasteiger charge is -2.24. The van der Waals surface area contributed by atoms with Gasteiger partial charge in [0, 0.05) is 18.7 Å². The Morgan fingerprint density at radius 3 is 1.60 bits per heavy atom. The fourth-order valence-electron chi connectivity index (χ4n) is 5.44. The number of carbonyl (C=O) groups excluding carboxylic acids is 10. The smallest absolute Gasteiger partial charge is 0.328 e. The first-order valence-electron chi connectivity index (χ1n) is 20.4. The van der Waals surface area contributed by atoms with E-state index in [4.69, 9.17) is 33.1 Å². The molecule has 0 aliphatic rings. The standard InChI is InChI=1S/C38H58N14O15S/c39-20(11-19-5-2-1-3-6-19)32(61)51-23(12-26(40)54)36(65)50-21(7-4-10-43-38(41)42)33(62)47-16-30(58)48-22(8-9-31(59)60)35(64)52-25(18-68)34(63)46-14-28(56)44-13-27(55)45-15-29(57)49-24(17-53)37(66)67/h1-3,5-6,20-25,53,68H,4,7-18,39H2,(H2,40,54)(H,44,56)(H,45,55)(H,46,63)(H,47,62)(H,48,58)(H,49,57)(H,50,65)(H,51,61)(H,52,64)(H,59,60)(H,66,67)(H4,41,42,43)/t20-,21-,22-,23-,24-,25-/m0/s1. The van der Waals surface area contributed by atoms with Crippen LogP contribution in [0.15, 0.2) is 35.3 Å². The van der Waals surface area contributed by atoms with Gasteiger partial charge in [-0.05, 0) is 31.2 Å². The summed E-state index contributed by atoms with van der Waals surface area (Å²) in [7, 11) is 0. The van der Waals surface area contributed by atoms with Crippen LogP contribution < -0.4 is 70.8 Å². The number of guanidine groups is 1. The van der Waals surface area contributed by atoms with E-state index in [1.54, 1.807) is 30.3 Å². The van der Waals surface area contributed by atoms with E-state index in [9.17, 15) is 62.6 Å². The first-order chi connectivity index (χ1) is 32.1. The molecule has 376 valence electrons. The number of rotatable bonds is 32. The summed E-state index contributed by atoms with van der Waals surface area (Å²) in [6.07, 6.45) is -1.85. The average Bonchev–Trinajstić information content (AvgIpc) is 3.28. The van der Waals surface area contributed by atoms with Crippen molar-refractivity contribution < 1.29 is 72.9 Å². The SMILES string of the molecule is NC(=O)C[C@H](NC(=O)[C@@H](N)Cc1ccccc1)C(=O)N[C@@H](CCCN=C(N)N)C(=O)NCC(=O)N[C@@H](CCC(=O)O)C(=O)N[C@@H](CS)C(=O)NCC(=O)NCC(=O)NCC(=O)N[C@@H](CO)C(=O)O. The molecule has 0 fully saturated rings. The summed E-state index contributed by atoms with van der Waals surface area (Å²) < 4.78 is 0. The molecule has 0 spiro atoms. The number of aliphatic carboxylic acids is 2. The van der Waals surface area contributed by atoms with Crippen molar-refractivity contribution in [3.63, 3.8) is 0 Å². The predicted octanol–water partition coefficient (Wildman–Crippen LogP) is -8.75. The van der Waals surface area contributed by atoms with Crippen LogP contribution in [-0.2, 0) is 64.0 Å². The monoisotopic (exact) mass is 982 g/mol. The minimum absolute atomic E-state index is 0.00781. The maximum atomic E-state index is 13.4. The molecule has 0 bridgehead atoms. The van der Waals surface area contributed by atoms with Crippen LogP contribution in [0, 0.1) is 0 Å². The van der Waals surface area contributed by atoms with Gasteiger partial charge in [-0.2, -0.15) is 12.6 Å². The second-order valence-corrected chi connectivity index (χ2v) is 14.8. The molecule has 0 saturated heterocycles. The first-order valence-corrected chi connectivity index (χ1v) is 21.1. The fourth-order valence-corrected chi connectivity index (χ4v) is 5.69. The zero-order chi connectivity index (χ0) is 51.3. The van der Waals surface area contributed by atoms with Crippen LogP contribution in [0.2, 0.25) is 0 Å². The number of primary amides is 1. The van der Waals surface area contributed by atoms with Crippen molar-refractivity contribution in [1.29, 1.82) is 0 Å². The highest BCUT2D eigenvalue weighted by atomic mass is 32.1. The van der Waals surface area contributed by atoms with E-state index in [0.717, 1.165) is 0 Å². The number of hydrogen-bond acceptors (Lipinski definition) is 16. The Hall–Kier alpha value is -7.60. The van der Waals surface area contributed by atoms with Crippen LogP contribution in [0.1, 0.15) is 37.7 Å². The number of nitrogens with one attached hydrogen (secondary N) is 9. The minimum Gasteiger partial charge on any atom is -0.481 e. The zero-order valence-electron chi connectivity index (χ0n) is 36.5. The Labute approximate surface area is 393 Å². The number of carboxylic acids is 2. The summed E-state index contributed by atoms with van der Waals surface area (Å²) >= 11 is 4.02. The molecule has 0 aromatic heterocycles. The van der Waals surface area contributed by atoms with Gasteiger partial charge in [0.2, 0.25) is 59.1 Å². The van der Waals surface area contributed by atoms with Crippen LogP contribution in [0.3, 0.4) is 0 Å². The van der Waals surface area contributed by atoms with Gasteiger partial charge in [-0.1, -0.05) is 30.3 Å². The summed E-state index contributed by atoms with van der Waals surface area (Å²) in [6, 6.07) is -0.203. The summed E-state index contributed by atoms with van der Waals surface area (Å²) in [6.45, 7) is -3.87. The molecule has 1 rings (SSSR count). The number of aliphatic hydroxyl groups excluding tert-OH is 1. The van der Waals surface area contributed by atoms with Crippen LogP contribution in [-0.4, -0.2) is 174 Å². The lowest BCUT2D eigenvalue weighted by Crippen LogP contribution is -2.58. The first kappa shape index (κ1) is 58.4. The van der Waals surface area contributed by atoms with Gasteiger partial charge in [0.15, 0.2) is 5.96 Å².